The van der Waals surface area contributed by atoms with Crippen LogP contribution in [-0.4, -0.2) is 6.54 Å². The van der Waals surface area contributed by atoms with Crippen molar-refractivity contribution in [1.29, 1.82) is 0 Å². The van der Waals surface area contributed by atoms with E-state index in [0.29, 0.717) is 12.5 Å². The molecule has 0 saturated heterocycles. The first kappa shape index (κ1) is 14.9. The van der Waals surface area contributed by atoms with Gasteiger partial charge in [0.05, 0.1) is 5.56 Å². The number of hydrogen-bond acceptors (Lipinski definition) is 1. The fourth-order valence-corrected chi connectivity index (χ4v) is 1.79. The van der Waals surface area contributed by atoms with Gasteiger partial charge in [-0.3, -0.25) is 0 Å². The molecule has 1 N–H and O–H groups in total. The minimum Gasteiger partial charge on any atom is -0.385 e. The Bertz CT molecular complexity index is 358. The van der Waals surface area contributed by atoms with Gasteiger partial charge in [-0.25, -0.2) is 0 Å². The van der Waals surface area contributed by atoms with Crippen LogP contribution in [0.25, 0.3) is 0 Å². The number of alkyl halides is 3. The number of para-hydroxylation sites is 1. The first-order valence-corrected chi connectivity index (χ1v) is 6.31. The fraction of sp³-hybridized carbons (Fsp3) is 0.571. The molecule has 0 amide bonds. The van der Waals surface area contributed by atoms with Crippen LogP contribution < -0.4 is 5.32 Å². The Morgan fingerprint density at radius 2 is 1.78 bits per heavy atom. The monoisotopic (exact) mass is 259 g/mol. The minimum atomic E-state index is -4.29. The lowest BCUT2D eigenvalue weighted by Crippen LogP contribution is -2.11. The van der Waals surface area contributed by atoms with Gasteiger partial charge in [-0.15, -0.1) is 0 Å². The number of rotatable bonds is 6. The van der Waals surface area contributed by atoms with Gasteiger partial charge >= 0.3 is 6.18 Å². The molecule has 0 aromatic heterocycles. The van der Waals surface area contributed by atoms with Gasteiger partial charge in [0.15, 0.2) is 0 Å². The lowest BCUT2D eigenvalue weighted by atomic mass is 10.1. The van der Waals surface area contributed by atoms with Gasteiger partial charge in [0.1, 0.15) is 0 Å². The zero-order valence-corrected chi connectivity index (χ0v) is 10.8. The summed E-state index contributed by atoms with van der Waals surface area (Å²) in [6, 6.07) is 5.61. The zero-order valence-electron chi connectivity index (χ0n) is 10.8. The lowest BCUT2D eigenvalue weighted by Gasteiger charge is -2.14. The summed E-state index contributed by atoms with van der Waals surface area (Å²) in [5.74, 6) is 0.646. The smallest absolute Gasteiger partial charge is 0.385 e. The number of anilines is 1. The van der Waals surface area contributed by atoms with Crippen LogP contribution in [0.1, 0.15) is 38.7 Å². The third kappa shape index (κ3) is 4.98. The maximum atomic E-state index is 12.7. The van der Waals surface area contributed by atoms with Gasteiger partial charge in [-0.05, 0) is 24.5 Å². The summed E-state index contributed by atoms with van der Waals surface area (Å²) in [7, 11) is 0. The van der Waals surface area contributed by atoms with Crippen molar-refractivity contribution in [3.63, 3.8) is 0 Å². The van der Waals surface area contributed by atoms with E-state index in [4.69, 9.17) is 0 Å². The Balaban J connectivity index is 2.47. The SMILES string of the molecule is CC(C)CCCCNc1ccccc1C(F)(F)F. The molecular weight excluding hydrogens is 239 g/mol. The van der Waals surface area contributed by atoms with Crippen LogP contribution in [-0.2, 0) is 6.18 Å². The first-order valence-electron chi connectivity index (χ1n) is 6.31. The van der Waals surface area contributed by atoms with Gasteiger partial charge in [-0.1, -0.05) is 38.8 Å². The first-order chi connectivity index (χ1) is 8.41. The van der Waals surface area contributed by atoms with Crippen LogP contribution in [0.4, 0.5) is 18.9 Å². The van der Waals surface area contributed by atoms with Gasteiger partial charge in [0.2, 0.25) is 0 Å². The van der Waals surface area contributed by atoms with Crippen LogP contribution in [0.15, 0.2) is 24.3 Å². The van der Waals surface area contributed by atoms with Gasteiger partial charge in [-0.2, -0.15) is 13.2 Å². The molecule has 1 aromatic rings. The second-order valence-electron chi connectivity index (χ2n) is 4.86. The predicted molar refractivity (Wildman–Crippen MR) is 68.6 cm³/mol. The van der Waals surface area contributed by atoms with Crippen molar-refractivity contribution in [3.8, 4) is 0 Å². The maximum absolute atomic E-state index is 12.7. The van der Waals surface area contributed by atoms with Crippen molar-refractivity contribution in [2.24, 2.45) is 5.92 Å². The molecule has 1 aromatic carbocycles. The van der Waals surface area contributed by atoms with Crippen molar-refractivity contribution >= 4 is 5.69 Å². The van der Waals surface area contributed by atoms with Gasteiger partial charge in [0.25, 0.3) is 0 Å². The van der Waals surface area contributed by atoms with Crippen LogP contribution in [0.5, 0.6) is 0 Å². The summed E-state index contributed by atoms with van der Waals surface area (Å²) >= 11 is 0. The molecule has 0 radical (unpaired) electrons. The Kier molecular flexibility index (Phi) is 5.51. The van der Waals surface area contributed by atoms with E-state index in [1.54, 1.807) is 6.07 Å². The molecule has 1 nitrogen and oxygen atoms in total. The van der Waals surface area contributed by atoms with Gasteiger partial charge < -0.3 is 5.32 Å². The molecule has 0 heterocycles. The second kappa shape index (κ2) is 6.66. The minimum absolute atomic E-state index is 0.176. The molecule has 18 heavy (non-hydrogen) atoms. The van der Waals surface area contributed by atoms with E-state index in [1.807, 2.05) is 0 Å². The highest BCUT2D eigenvalue weighted by Gasteiger charge is 2.32. The molecule has 0 atom stereocenters. The average molecular weight is 259 g/mol. The largest absolute Gasteiger partial charge is 0.418 e. The Morgan fingerprint density at radius 1 is 1.11 bits per heavy atom. The molecule has 102 valence electrons. The molecule has 4 heteroatoms. The summed E-state index contributed by atoms with van der Waals surface area (Å²) in [6.45, 7) is 4.87. The van der Waals surface area contributed by atoms with E-state index in [2.05, 4.69) is 19.2 Å². The summed E-state index contributed by atoms with van der Waals surface area (Å²) in [6.07, 6.45) is -1.24. The van der Waals surface area contributed by atoms with Gasteiger partial charge in [0, 0.05) is 12.2 Å². The molecule has 0 fully saturated rings. The van der Waals surface area contributed by atoms with Crippen molar-refractivity contribution < 1.29 is 13.2 Å². The van der Waals surface area contributed by atoms with Crippen molar-refractivity contribution in [1.82, 2.24) is 0 Å². The molecule has 0 unspecified atom stereocenters. The highest BCUT2D eigenvalue weighted by Crippen LogP contribution is 2.34. The normalized spacial score (nSPS) is 11.9. The van der Waals surface area contributed by atoms with E-state index in [9.17, 15) is 13.2 Å². The van der Waals surface area contributed by atoms with E-state index < -0.39 is 11.7 Å². The van der Waals surface area contributed by atoms with E-state index >= 15 is 0 Å². The zero-order chi connectivity index (χ0) is 13.6. The van der Waals surface area contributed by atoms with Crippen molar-refractivity contribution in [3.05, 3.63) is 29.8 Å². The number of unbranched alkanes of at least 4 members (excludes halogenated alkanes) is 1. The Labute approximate surface area is 106 Å². The number of benzene rings is 1. The molecule has 0 aliphatic carbocycles. The van der Waals surface area contributed by atoms with Crippen LogP contribution >= 0.6 is 0 Å². The molecule has 0 aliphatic heterocycles. The third-order valence-electron chi connectivity index (χ3n) is 2.76. The fourth-order valence-electron chi connectivity index (χ4n) is 1.79. The van der Waals surface area contributed by atoms with Crippen LogP contribution in [0, 0.1) is 5.92 Å². The highest BCUT2D eigenvalue weighted by atomic mass is 19.4. The molecule has 0 aliphatic rings. The molecule has 0 bridgehead atoms. The molecular formula is C14H20F3N. The summed E-state index contributed by atoms with van der Waals surface area (Å²) in [4.78, 5) is 0. The lowest BCUT2D eigenvalue weighted by molar-refractivity contribution is -0.136. The Hall–Kier alpha value is -1.19. The number of nitrogens with one attached hydrogen (secondary N) is 1. The van der Waals surface area contributed by atoms with Crippen molar-refractivity contribution in [2.75, 3.05) is 11.9 Å². The number of hydrogen-bond donors (Lipinski definition) is 1. The predicted octanol–water partition coefficient (Wildman–Crippen LogP) is 4.94. The van der Waals surface area contributed by atoms with Crippen molar-refractivity contribution in [2.45, 2.75) is 39.3 Å². The van der Waals surface area contributed by atoms with E-state index in [0.717, 1.165) is 25.3 Å². The second-order valence-corrected chi connectivity index (χ2v) is 4.86. The average Bonchev–Trinajstić information content (AvgIpc) is 2.27. The van der Waals surface area contributed by atoms with E-state index in [1.165, 1.54) is 12.1 Å². The quantitative estimate of drug-likeness (QED) is 0.713. The standard InChI is InChI=1S/C14H20F3N/c1-11(2)7-5-6-10-18-13-9-4-3-8-12(13)14(15,16)17/h3-4,8-9,11,18H,5-7,10H2,1-2H3. The highest BCUT2D eigenvalue weighted by molar-refractivity contribution is 5.52. The summed E-state index contributed by atoms with van der Waals surface area (Å²) in [5, 5.41) is 2.87. The summed E-state index contributed by atoms with van der Waals surface area (Å²) < 4.78 is 38.1. The van der Waals surface area contributed by atoms with Crippen LogP contribution in [0.2, 0.25) is 0 Å². The Morgan fingerprint density at radius 3 is 2.39 bits per heavy atom. The summed E-state index contributed by atoms with van der Waals surface area (Å²) in [5.41, 5.74) is -0.414. The van der Waals surface area contributed by atoms with E-state index in [-0.39, 0.29) is 5.69 Å². The van der Waals surface area contributed by atoms with Crippen LogP contribution in [0.3, 0.4) is 0 Å². The topological polar surface area (TPSA) is 12.0 Å². The third-order valence-corrected chi connectivity index (χ3v) is 2.76. The molecule has 0 spiro atoms. The molecule has 0 saturated carbocycles. The molecule has 1 rings (SSSR count). The maximum Gasteiger partial charge on any atom is 0.418 e. The number of halogens is 3.